The minimum Gasteiger partial charge on any atom is -0.349 e. The minimum atomic E-state index is -2.90. The van der Waals surface area contributed by atoms with E-state index in [2.05, 4.69) is 10.6 Å². The summed E-state index contributed by atoms with van der Waals surface area (Å²) in [6, 6.07) is 7.51. The van der Waals surface area contributed by atoms with E-state index in [1.165, 1.54) is 0 Å². The molecule has 1 fully saturated rings. The first-order chi connectivity index (χ1) is 10.0. The van der Waals surface area contributed by atoms with Crippen LogP contribution in [-0.4, -0.2) is 45.5 Å². The molecule has 0 atom stereocenters. The van der Waals surface area contributed by atoms with Crippen molar-refractivity contribution in [2.45, 2.75) is 25.3 Å². The molecule has 1 aromatic carbocycles. The molecule has 2 rings (SSSR count). The van der Waals surface area contributed by atoms with E-state index in [0.717, 1.165) is 18.5 Å². The fourth-order valence-corrected chi connectivity index (χ4v) is 4.01. The Labute approximate surface area is 126 Å². The lowest BCUT2D eigenvalue weighted by atomic mass is 10.0. The Bertz CT molecular complexity index is 585. The first-order valence-electron chi connectivity index (χ1n) is 7.25. The molecule has 2 N–H and O–H groups in total. The second kappa shape index (κ2) is 7.04. The normalized spacial score (nSPS) is 18.3. The van der Waals surface area contributed by atoms with E-state index < -0.39 is 9.84 Å². The summed E-state index contributed by atoms with van der Waals surface area (Å²) in [6.07, 6.45) is 1.80. The van der Waals surface area contributed by atoms with Gasteiger partial charge in [0, 0.05) is 11.6 Å². The molecule has 0 radical (unpaired) electrons. The minimum absolute atomic E-state index is 0.0432. The third-order valence-electron chi connectivity index (χ3n) is 3.80. The highest BCUT2D eigenvalue weighted by Crippen LogP contribution is 2.14. The summed E-state index contributed by atoms with van der Waals surface area (Å²) in [7, 11) is -1.02. The molecule has 21 heavy (non-hydrogen) atoms. The van der Waals surface area contributed by atoms with Gasteiger partial charge in [0.25, 0.3) is 5.91 Å². The fraction of sp³-hybridized carbons (Fsp3) is 0.533. The molecule has 0 aromatic heterocycles. The molecule has 0 saturated carbocycles. The summed E-state index contributed by atoms with van der Waals surface area (Å²) in [4.78, 5) is 12.4. The van der Waals surface area contributed by atoms with Crippen LogP contribution in [0, 0.1) is 0 Å². The van der Waals surface area contributed by atoms with E-state index >= 15 is 0 Å². The molecule has 1 saturated heterocycles. The Morgan fingerprint density at radius 2 is 1.90 bits per heavy atom. The fourth-order valence-electron chi connectivity index (χ4n) is 2.52. The van der Waals surface area contributed by atoms with Crippen LogP contribution in [0.4, 0.5) is 0 Å². The van der Waals surface area contributed by atoms with Crippen LogP contribution >= 0.6 is 0 Å². The van der Waals surface area contributed by atoms with Crippen molar-refractivity contribution in [1.82, 2.24) is 10.6 Å². The molecule has 116 valence electrons. The van der Waals surface area contributed by atoms with E-state index in [4.69, 9.17) is 0 Å². The molecule has 1 aliphatic heterocycles. The average Bonchev–Trinajstić information content (AvgIpc) is 2.47. The van der Waals surface area contributed by atoms with Gasteiger partial charge in [-0.25, -0.2) is 8.42 Å². The highest BCUT2D eigenvalue weighted by Gasteiger charge is 2.25. The van der Waals surface area contributed by atoms with Gasteiger partial charge in [-0.3, -0.25) is 4.79 Å². The first kappa shape index (κ1) is 16.0. The van der Waals surface area contributed by atoms with Crippen LogP contribution in [0.3, 0.4) is 0 Å². The second-order valence-corrected chi connectivity index (χ2v) is 7.71. The topological polar surface area (TPSA) is 75.3 Å². The molecule has 1 amide bonds. The van der Waals surface area contributed by atoms with E-state index in [1.807, 2.05) is 31.3 Å². The van der Waals surface area contributed by atoms with Crippen molar-refractivity contribution in [2.24, 2.45) is 0 Å². The lowest BCUT2D eigenvalue weighted by molar-refractivity contribution is 0.0933. The number of sulfone groups is 1. The van der Waals surface area contributed by atoms with Gasteiger partial charge in [-0.15, -0.1) is 0 Å². The predicted molar refractivity (Wildman–Crippen MR) is 83.2 cm³/mol. The Balaban J connectivity index is 2.00. The number of nitrogens with one attached hydrogen (secondary N) is 2. The molecule has 6 heteroatoms. The molecule has 1 aliphatic rings. The standard InChI is InChI=1S/C15H22N2O3S/c1-16-9-6-12-4-2-3-5-14(12)15(18)17-13-7-10-21(19,20)11-8-13/h2-5,13,16H,6-11H2,1H3,(H,17,18). The zero-order valence-electron chi connectivity index (χ0n) is 12.3. The SMILES string of the molecule is CNCCc1ccccc1C(=O)NC1CCS(=O)(=O)CC1. The summed E-state index contributed by atoms with van der Waals surface area (Å²) in [5.41, 5.74) is 1.69. The summed E-state index contributed by atoms with van der Waals surface area (Å²) >= 11 is 0. The smallest absolute Gasteiger partial charge is 0.251 e. The van der Waals surface area contributed by atoms with Crippen molar-refractivity contribution in [2.75, 3.05) is 25.1 Å². The third kappa shape index (κ3) is 4.54. The molecule has 1 heterocycles. The van der Waals surface area contributed by atoms with Gasteiger partial charge in [0.2, 0.25) is 0 Å². The molecular formula is C15H22N2O3S. The number of amides is 1. The maximum atomic E-state index is 12.4. The van der Waals surface area contributed by atoms with Gasteiger partial charge in [-0.05, 0) is 44.5 Å². The highest BCUT2D eigenvalue weighted by molar-refractivity contribution is 7.91. The van der Waals surface area contributed by atoms with Crippen molar-refractivity contribution in [1.29, 1.82) is 0 Å². The van der Waals surface area contributed by atoms with Crippen LogP contribution < -0.4 is 10.6 Å². The van der Waals surface area contributed by atoms with Crippen molar-refractivity contribution in [3.05, 3.63) is 35.4 Å². The molecular weight excluding hydrogens is 288 g/mol. The first-order valence-corrected chi connectivity index (χ1v) is 9.08. The van der Waals surface area contributed by atoms with E-state index in [9.17, 15) is 13.2 Å². The number of benzene rings is 1. The van der Waals surface area contributed by atoms with Gasteiger partial charge < -0.3 is 10.6 Å². The molecule has 0 spiro atoms. The van der Waals surface area contributed by atoms with Crippen LogP contribution in [-0.2, 0) is 16.3 Å². The van der Waals surface area contributed by atoms with E-state index in [0.29, 0.717) is 18.4 Å². The molecule has 1 aromatic rings. The van der Waals surface area contributed by atoms with Crippen molar-refractivity contribution >= 4 is 15.7 Å². The van der Waals surface area contributed by atoms with Crippen molar-refractivity contribution < 1.29 is 13.2 Å². The van der Waals surface area contributed by atoms with Crippen LogP contribution in [0.5, 0.6) is 0 Å². The largest absolute Gasteiger partial charge is 0.349 e. The van der Waals surface area contributed by atoms with Gasteiger partial charge in [0.1, 0.15) is 9.84 Å². The Hall–Kier alpha value is -1.40. The number of carbonyl (C=O) groups excluding carboxylic acids is 1. The maximum absolute atomic E-state index is 12.4. The van der Waals surface area contributed by atoms with Crippen molar-refractivity contribution in [3.8, 4) is 0 Å². The lowest BCUT2D eigenvalue weighted by Crippen LogP contribution is -2.41. The number of hydrogen-bond acceptors (Lipinski definition) is 4. The molecule has 5 nitrogen and oxygen atoms in total. The predicted octanol–water partition coefficient (Wildman–Crippen LogP) is 0.755. The Morgan fingerprint density at radius 3 is 2.57 bits per heavy atom. The number of carbonyl (C=O) groups is 1. The zero-order chi connectivity index (χ0) is 15.3. The van der Waals surface area contributed by atoms with E-state index in [-0.39, 0.29) is 23.5 Å². The van der Waals surface area contributed by atoms with Crippen LogP contribution in [0.15, 0.2) is 24.3 Å². The lowest BCUT2D eigenvalue weighted by Gasteiger charge is -2.23. The Kier molecular flexibility index (Phi) is 5.36. The van der Waals surface area contributed by atoms with Crippen LogP contribution in [0.25, 0.3) is 0 Å². The van der Waals surface area contributed by atoms with E-state index in [1.54, 1.807) is 0 Å². The third-order valence-corrected chi connectivity index (χ3v) is 5.51. The molecule has 0 bridgehead atoms. The maximum Gasteiger partial charge on any atom is 0.251 e. The molecule has 0 aliphatic carbocycles. The summed E-state index contributed by atoms with van der Waals surface area (Å²) in [6.45, 7) is 0.811. The quantitative estimate of drug-likeness (QED) is 0.842. The van der Waals surface area contributed by atoms with Crippen LogP contribution in [0.2, 0.25) is 0 Å². The Morgan fingerprint density at radius 1 is 1.24 bits per heavy atom. The van der Waals surface area contributed by atoms with Gasteiger partial charge >= 0.3 is 0 Å². The number of hydrogen-bond donors (Lipinski definition) is 2. The number of likely N-dealkylation sites (N-methyl/N-ethyl adjacent to an activating group) is 1. The zero-order valence-corrected chi connectivity index (χ0v) is 13.1. The van der Waals surface area contributed by atoms with Gasteiger partial charge in [-0.1, -0.05) is 18.2 Å². The molecule has 0 unspecified atom stereocenters. The summed E-state index contributed by atoms with van der Waals surface area (Å²) in [5, 5.41) is 6.04. The summed E-state index contributed by atoms with van der Waals surface area (Å²) < 4.78 is 22.8. The van der Waals surface area contributed by atoms with Crippen LogP contribution in [0.1, 0.15) is 28.8 Å². The monoisotopic (exact) mass is 310 g/mol. The van der Waals surface area contributed by atoms with Gasteiger partial charge in [-0.2, -0.15) is 0 Å². The number of rotatable bonds is 5. The average molecular weight is 310 g/mol. The van der Waals surface area contributed by atoms with Gasteiger partial charge in [0.15, 0.2) is 0 Å². The van der Waals surface area contributed by atoms with Gasteiger partial charge in [0.05, 0.1) is 11.5 Å². The van der Waals surface area contributed by atoms with Crippen molar-refractivity contribution in [3.63, 3.8) is 0 Å². The second-order valence-electron chi connectivity index (χ2n) is 5.41. The summed E-state index contributed by atoms with van der Waals surface area (Å²) in [5.74, 6) is 0.226. The highest BCUT2D eigenvalue weighted by atomic mass is 32.2.